The Morgan fingerprint density at radius 3 is 2.67 bits per heavy atom. The zero-order valence-corrected chi connectivity index (χ0v) is 14.6. The van der Waals surface area contributed by atoms with E-state index in [1.807, 2.05) is 0 Å². The topological polar surface area (TPSA) is 75.9 Å². The number of carbonyl (C=O) groups is 1. The lowest BCUT2D eigenvalue weighted by atomic mass is 10.2. The average molecular weight is 391 g/mol. The van der Waals surface area contributed by atoms with Crippen LogP contribution in [0.2, 0.25) is 5.02 Å². The molecule has 1 aliphatic heterocycles. The van der Waals surface area contributed by atoms with Crippen LogP contribution < -0.4 is 5.32 Å². The molecule has 1 aliphatic rings. The number of hydrogen-bond donors (Lipinski definition) is 1. The van der Waals surface area contributed by atoms with Gasteiger partial charge in [-0.3, -0.25) is 4.68 Å². The Kier molecular flexibility index (Phi) is 4.44. The maximum Gasteiger partial charge on any atom is 0.322 e. The number of urea groups is 1. The molecule has 0 saturated heterocycles. The van der Waals surface area contributed by atoms with Crippen LogP contribution in [0.4, 0.5) is 19.3 Å². The molecule has 0 atom stereocenters. The fraction of sp³-hybridized carbons (Fsp3) is 0.176. The number of benzene rings is 1. The molecule has 27 heavy (non-hydrogen) atoms. The van der Waals surface area contributed by atoms with Crippen molar-refractivity contribution in [2.45, 2.75) is 13.1 Å². The van der Waals surface area contributed by atoms with Crippen molar-refractivity contribution in [1.82, 2.24) is 24.6 Å². The molecule has 4 rings (SSSR count). The Labute approximate surface area is 157 Å². The number of hydrogen-bond acceptors (Lipinski definition) is 4. The first-order valence-electron chi connectivity index (χ1n) is 8.05. The minimum Gasteiger partial charge on any atom is -0.317 e. The molecule has 0 aliphatic carbocycles. The van der Waals surface area contributed by atoms with Gasteiger partial charge in [-0.1, -0.05) is 11.6 Å². The Balaban J connectivity index is 1.53. The Bertz CT molecular complexity index is 1010. The van der Waals surface area contributed by atoms with Gasteiger partial charge >= 0.3 is 6.03 Å². The minimum atomic E-state index is -0.555. The molecule has 0 fully saturated rings. The quantitative estimate of drug-likeness (QED) is 0.728. The van der Waals surface area contributed by atoms with Crippen molar-refractivity contribution in [2.75, 3.05) is 11.9 Å². The lowest BCUT2D eigenvalue weighted by molar-refractivity contribution is 0.194. The molecule has 1 aromatic carbocycles. The molecule has 2 aromatic heterocycles. The molecule has 7 nitrogen and oxygen atoms in total. The fourth-order valence-electron chi connectivity index (χ4n) is 2.83. The number of nitrogens with one attached hydrogen (secondary N) is 1. The van der Waals surface area contributed by atoms with Gasteiger partial charge in [-0.25, -0.2) is 23.5 Å². The predicted octanol–water partition coefficient (Wildman–Crippen LogP) is 3.32. The van der Waals surface area contributed by atoms with Crippen molar-refractivity contribution in [3.63, 3.8) is 0 Å². The van der Waals surface area contributed by atoms with Gasteiger partial charge in [-0.15, -0.1) is 0 Å². The summed E-state index contributed by atoms with van der Waals surface area (Å²) in [7, 11) is 0. The number of rotatable bonds is 2. The second kappa shape index (κ2) is 6.92. The van der Waals surface area contributed by atoms with Crippen LogP contribution >= 0.6 is 11.6 Å². The highest BCUT2D eigenvalue weighted by Gasteiger charge is 2.25. The monoisotopic (exact) mass is 390 g/mol. The highest BCUT2D eigenvalue weighted by atomic mass is 35.5. The third kappa shape index (κ3) is 3.45. The average Bonchev–Trinajstić information content (AvgIpc) is 3.08. The van der Waals surface area contributed by atoms with E-state index in [9.17, 15) is 13.6 Å². The Hall–Kier alpha value is -3.07. The van der Waals surface area contributed by atoms with E-state index in [4.69, 9.17) is 11.6 Å². The number of aromatic nitrogens is 4. The van der Waals surface area contributed by atoms with Crippen LogP contribution in [0.5, 0.6) is 0 Å². The van der Waals surface area contributed by atoms with Gasteiger partial charge < -0.3 is 10.2 Å². The third-order valence-electron chi connectivity index (χ3n) is 4.19. The Morgan fingerprint density at radius 1 is 1.15 bits per heavy atom. The molecule has 0 unspecified atom stereocenters. The van der Waals surface area contributed by atoms with Gasteiger partial charge in [0.15, 0.2) is 11.6 Å². The van der Waals surface area contributed by atoms with Crippen molar-refractivity contribution in [1.29, 1.82) is 0 Å². The summed E-state index contributed by atoms with van der Waals surface area (Å²) in [5, 5.41) is 6.91. The van der Waals surface area contributed by atoms with Gasteiger partial charge in [0.2, 0.25) is 0 Å². The second-order valence-electron chi connectivity index (χ2n) is 5.93. The molecule has 3 aromatic rings. The van der Waals surface area contributed by atoms with E-state index in [2.05, 4.69) is 20.4 Å². The smallest absolute Gasteiger partial charge is 0.317 e. The summed E-state index contributed by atoms with van der Waals surface area (Å²) in [5.41, 5.74) is 1.78. The Morgan fingerprint density at radius 2 is 1.93 bits per heavy atom. The first-order chi connectivity index (χ1) is 13.0. The van der Waals surface area contributed by atoms with Gasteiger partial charge in [0.25, 0.3) is 0 Å². The van der Waals surface area contributed by atoms with Gasteiger partial charge in [0.1, 0.15) is 5.82 Å². The van der Waals surface area contributed by atoms with E-state index in [0.717, 1.165) is 18.1 Å². The van der Waals surface area contributed by atoms with Gasteiger partial charge in [0, 0.05) is 12.2 Å². The SMILES string of the molecule is O=C(Nc1ccc(F)c(Cl)c1)N1CCn2ncc(-c3ncc(F)cn3)c2C1. The lowest BCUT2D eigenvalue weighted by Crippen LogP contribution is -2.41. The van der Waals surface area contributed by atoms with Crippen LogP contribution in [-0.2, 0) is 13.1 Å². The third-order valence-corrected chi connectivity index (χ3v) is 4.48. The summed E-state index contributed by atoms with van der Waals surface area (Å²) < 4.78 is 28.1. The van der Waals surface area contributed by atoms with E-state index in [0.29, 0.717) is 30.2 Å². The van der Waals surface area contributed by atoms with Crippen molar-refractivity contribution >= 4 is 23.3 Å². The number of fused-ring (bicyclic) bond motifs is 1. The molecule has 1 N–H and O–H groups in total. The minimum absolute atomic E-state index is 0.0692. The first kappa shape index (κ1) is 17.3. The molecule has 2 amide bonds. The summed E-state index contributed by atoms with van der Waals surface area (Å²) in [4.78, 5) is 22.1. The maximum absolute atomic E-state index is 13.3. The summed E-state index contributed by atoms with van der Waals surface area (Å²) in [6, 6.07) is 3.62. The molecule has 3 heterocycles. The van der Waals surface area contributed by atoms with Crippen LogP contribution in [0.3, 0.4) is 0 Å². The zero-order valence-electron chi connectivity index (χ0n) is 13.9. The van der Waals surface area contributed by atoms with Gasteiger partial charge in [0.05, 0.1) is 48.0 Å². The lowest BCUT2D eigenvalue weighted by Gasteiger charge is -2.28. The standard InChI is InChI=1S/C17H13ClF2N6O/c18-13-5-11(1-2-14(13)20)24-17(27)25-3-4-26-15(9-25)12(8-23-26)16-21-6-10(19)7-22-16/h1-2,5-8H,3-4,9H2,(H,24,27). The van der Waals surface area contributed by atoms with Gasteiger partial charge in [-0.05, 0) is 18.2 Å². The summed E-state index contributed by atoms with van der Waals surface area (Å²) in [6.07, 6.45) is 3.76. The molecule has 0 radical (unpaired) electrons. The number of nitrogens with zero attached hydrogens (tertiary/aromatic N) is 5. The molecule has 0 bridgehead atoms. The highest BCUT2D eigenvalue weighted by molar-refractivity contribution is 6.31. The number of halogens is 3. The molecule has 10 heteroatoms. The van der Waals surface area contributed by atoms with Crippen LogP contribution in [-0.4, -0.2) is 37.2 Å². The predicted molar refractivity (Wildman–Crippen MR) is 94.0 cm³/mol. The van der Waals surface area contributed by atoms with Crippen molar-refractivity contribution in [3.8, 4) is 11.4 Å². The molecule has 138 valence electrons. The largest absolute Gasteiger partial charge is 0.322 e. The summed E-state index contributed by atoms with van der Waals surface area (Å²) in [5.74, 6) is -0.746. The zero-order chi connectivity index (χ0) is 19.0. The van der Waals surface area contributed by atoms with Crippen molar-refractivity contribution < 1.29 is 13.6 Å². The van der Waals surface area contributed by atoms with Crippen LogP contribution in [0, 0.1) is 11.6 Å². The van der Waals surface area contributed by atoms with E-state index < -0.39 is 11.6 Å². The second-order valence-corrected chi connectivity index (χ2v) is 6.34. The number of amides is 2. The van der Waals surface area contributed by atoms with Crippen molar-refractivity contribution in [3.05, 3.63) is 59.1 Å². The normalized spacial score (nSPS) is 13.4. The van der Waals surface area contributed by atoms with Crippen molar-refractivity contribution in [2.24, 2.45) is 0 Å². The fourth-order valence-corrected chi connectivity index (χ4v) is 3.01. The molecular weight excluding hydrogens is 378 g/mol. The highest BCUT2D eigenvalue weighted by Crippen LogP contribution is 2.25. The molecule has 0 saturated carbocycles. The summed E-state index contributed by atoms with van der Waals surface area (Å²) in [6.45, 7) is 1.21. The van der Waals surface area contributed by atoms with E-state index in [-0.39, 0.29) is 17.6 Å². The van der Waals surface area contributed by atoms with E-state index in [1.165, 1.54) is 18.2 Å². The molecular formula is C17H13ClF2N6O. The van der Waals surface area contributed by atoms with Crippen LogP contribution in [0.15, 0.2) is 36.8 Å². The van der Waals surface area contributed by atoms with Crippen LogP contribution in [0.25, 0.3) is 11.4 Å². The van der Waals surface area contributed by atoms with Gasteiger partial charge in [-0.2, -0.15) is 5.10 Å². The van der Waals surface area contributed by atoms with E-state index >= 15 is 0 Å². The van der Waals surface area contributed by atoms with Crippen LogP contribution in [0.1, 0.15) is 5.69 Å². The maximum atomic E-state index is 13.3. The molecule has 0 spiro atoms. The number of anilines is 1. The first-order valence-corrected chi connectivity index (χ1v) is 8.42. The summed E-state index contributed by atoms with van der Waals surface area (Å²) >= 11 is 5.74. The van der Waals surface area contributed by atoms with E-state index in [1.54, 1.807) is 15.8 Å². The number of carbonyl (C=O) groups excluding carboxylic acids is 1.